The number of rotatable bonds is 5. The monoisotopic (exact) mass is 458 g/mol. The number of nitrogens with zero attached hydrogens (tertiary/aromatic N) is 2. The van der Waals surface area contributed by atoms with E-state index in [4.69, 9.17) is 4.74 Å². The molecule has 1 aliphatic carbocycles. The topological polar surface area (TPSA) is 66.9 Å². The highest BCUT2D eigenvalue weighted by Gasteiger charge is 2.25. The van der Waals surface area contributed by atoms with Gasteiger partial charge in [0, 0.05) is 36.6 Å². The van der Waals surface area contributed by atoms with Crippen molar-refractivity contribution in [1.82, 2.24) is 4.90 Å². The van der Waals surface area contributed by atoms with Crippen molar-refractivity contribution in [2.75, 3.05) is 37.7 Å². The first-order chi connectivity index (χ1) is 15.4. The number of hydrogen-bond acceptors (Lipinski definition) is 6. The van der Waals surface area contributed by atoms with Gasteiger partial charge < -0.3 is 14.5 Å². The zero-order chi connectivity index (χ0) is 22.7. The number of carbonyl (C=O) groups excluding carboxylic acids is 3. The number of Topliss-reactive ketones (excluding diaryl/α,β-unsaturated/α-hetero) is 1. The fraction of sp³-hybridized carbons (Fsp3) is 0.458. The molecule has 4 rings (SSSR count). The first-order valence-corrected chi connectivity index (χ1v) is 11.9. The first-order valence-electron chi connectivity index (χ1n) is 11.0. The fourth-order valence-electron chi connectivity index (χ4n) is 4.24. The molecule has 0 N–H and O–H groups in total. The third-order valence-electron chi connectivity index (χ3n) is 6.10. The van der Waals surface area contributed by atoms with Crippen LogP contribution in [0.5, 0.6) is 0 Å². The summed E-state index contributed by atoms with van der Waals surface area (Å²) < 4.78 is 19.7. The summed E-state index contributed by atoms with van der Waals surface area (Å²) in [6.07, 6.45) is 5.53. The molecule has 0 atom stereocenters. The van der Waals surface area contributed by atoms with E-state index in [0.29, 0.717) is 42.3 Å². The van der Waals surface area contributed by atoms with Crippen molar-refractivity contribution < 1.29 is 23.5 Å². The molecule has 0 unspecified atom stereocenters. The molecular weight excluding hydrogens is 431 g/mol. The molecule has 1 saturated heterocycles. The summed E-state index contributed by atoms with van der Waals surface area (Å²) in [5.74, 6) is -1.31. The maximum absolute atomic E-state index is 14.4. The number of benzene rings is 1. The van der Waals surface area contributed by atoms with Crippen molar-refractivity contribution in [2.24, 2.45) is 0 Å². The fourth-order valence-corrected chi connectivity index (χ4v) is 5.38. The van der Waals surface area contributed by atoms with Gasteiger partial charge in [0.2, 0.25) is 0 Å². The van der Waals surface area contributed by atoms with E-state index in [-0.39, 0.29) is 18.3 Å². The van der Waals surface area contributed by atoms with E-state index < -0.39 is 11.8 Å². The second kappa shape index (κ2) is 9.81. The summed E-state index contributed by atoms with van der Waals surface area (Å²) in [6, 6.07) is 6.39. The molecule has 2 aliphatic rings. The van der Waals surface area contributed by atoms with Gasteiger partial charge in [0.1, 0.15) is 10.7 Å². The van der Waals surface area contributed by atoms with E-state index in [1.165, 1.54) is 41.2 Å². The molecule has 1 aliphatic heterocycles. The lowest BCUT2D eigenvalue weighted by Gasteiger charge is -2.36. The van der Waals surface area contributed by atoms with Crippen molar-refractivity contribution in [1.29, 1.82) is 0 Å². The van der Waals surface area contributed by atoms with Crippen LogP contribution >= 0.6 is 11.3 Å². The number of piperazine rings is 1. The Bertz CT molecular complexity index is 1000. The molecule has 6 nitrogen and oxygen atoms in total. The van der Waals surface area contributed by atoms with Gasteiger partial charge in [-0.15, -0.1) is 11.3 Å². The SMILES string of the molecule is CC(=O)c1ccc(N2CCN(C(=O)COC(=O)c3cc4c(s3)CCCCC4)CC2)c(F)c1. The van der Waals surface area contributed by atoms with Crippen LogP contribution < -0.4 is 4.90 Å². The highest BCUT2D eigenvalue weighted by Crippen LogP contribution is 2.29. The summed E-state index contributed by atoms with van der Waals surface area (Å²) in [7, 11) is 0. The Morgan fingerprint density at radius 1 is 1.03 bits per heavy atom. The van der Waals surface area contributed by atoms with Crippen LogP contribution in [0.2, 0.25) is 0 Å². The molecule has 32 heavy (non-hydrogen) atoms. The molecular formula is C24H27FN2O4S. The van der Waals surface area contributed by atoms with Gasteiger partial charge in [-0.05, 0) is 62.4 Å². The van der Waals surface area contributed by atoms with Crippen LogP contribution in [-0.4, -0.2) is 55.3 Å². The molecule has 0 radical (unpaired) electrons. The Morgan fingerprint density at radius 2 is 1.78 bits per heavy atom. The predicted octanol–water partition coefficient (Wildman–Crippen LogP) is 3.86. The number of anilines is 1. The highest BCUT2D eigenvalue weighted by molar-refractivity contribution is 7.14. The van der Waals surface area contributed by atoms with Gasteiger partial charge in [-0.2, -0.15) is 0 Å². The van der Waals surface area contributed by atoms with Gasteiger partial charge in [-0.25, -0.2) is 9.18 Å². The number of fused-ring (bicyclic) bond motifs is 1. The number of ketones is 1. The number of thiophene rings is 1. The van der Waals surface area contributed by atoms with Gasteiger partial charge in [0.15, 0.2) is 12.4 Å². The predicted molar refractivity (Wildman–Crippen MR) is 121 cm³/mol. The number of carbonyl (C=O) groups is 3. The normalized spacial score (nSPS) is 16.3. The van der Waals surface area contributed by atoms with E-state index in [1.807, 2.05) is 11.0 Å². The van der Waals surface area contributed by atoms with E-state index in [2.05, 4.69) is 0 Å². The molecule has 0 bridgehead atoms. The van der Waals surface area contributed by atoms with E-state index >= 15 is 0 Å². The Labute approximate surface area is 191 Å². The van der Waals surface area contributed by atoms with Crippen molar-refractivity contribution >= 4 is 34.7 Å². The molecule has 2 heterocycles. The average Bonchev–Trinajstić information content (AvgIpc) is 3.07. The van der Waals surface area contributed by atoms with Gasteiger partial charge in [-0.1, -0.05) is 6.42 Å². The van der Waals surface area contributed by atoms with Gasteiger partial charge >= 0.3 is 5.97 Å². The number of esters is 1. The first kappa shape index (κ1) is 22.5. The highest BCUT2D eigenvalue weighted by atomic mass is 32.1. The maximum Gasteiger partial charge on any atom is 0.348 e. The number of hydrogen-bond donors (Lipinski definition) is 0. The molecule has 8 heteroatoms. The summed E-state index contributed by atoms with van der Waals surface area (Å²) >= 11 is 1.48. The number of ether oxygens (including phenoxy) is 1. The van der Waals surface area contributed by atoms with Crippen LogP contribution in [0.25, 0.3) is 0 Å². The van der Waals surface area contributed by atoms with Crippen molar-refractivity contribution in [3.8, 4) is 0 Å². The zero-order valence-corrected chi connectivity index (χ0v) is 19.0. The lowest BCUT2D eigenvalue weighted by molar-refractivity contribution is -0.134. The van der Waals surface area contributed by atoms with Crippen molar-refractivity contribution in [3.63, 3.8) is 0 Å². The lowest BCUT2D eigenvalue weighted by atomic mass is 10.1. The standard InChI is InChI=1S/C24H27FN2O4S/c1-16(28)17-7-8-20(19(25)13-17)26-9-11-27(12-10-26)23(29)15-31-24(30)22-14-18-5-3-2-4-6-21(18)32-22/h7-8,13-14H,2-6,9-12,15H2,1H3. The van der Waals surface area contributed by atoms with Crippen LogP contribution in [0.1, 0.15) is 56.7 Å². The molecule has 1 aromatic carbocycles. The van der Waals surface area contributed by atoms with Crippen LogP contribution in [0.15, 0.2) is 24.3 Å². The minimum Gasteiger partial charge on any atom is -0.451 e. The Balaban J connectivity index is 1.28. The van der Waals surface area contributed by atoms with E-state index in [1.54, 1.807) is 17.0 Å². The summed E-state index contributed by atoms with van der Waals surface area (Å²) in [5, 5.41) is 0. The third kappa shape index (κ3) is 5.01. The number of aryl methyl sites for hydroxylation is 2. The lowest BCUT2D eigenvalue weighted by Crippen LogP contribution is -2.50. The zero-order valence-electron chi connectivity index (χ0n) is 18.2. The second-order valence-corrected chi connectivity index (χ2v) is 9.42. The molecule has 170 valence electrons. The Kier molecular flexibility index (Phi) is 6.89. The van der Waals surface area contributed by atoms with E-state index in [9.17, 15) is 18.8 Å². The molecule has 0 saturated carbocycles. The average molecular weight is 459 g/mol. The Hall–Kier alpha value is -2.74. The summed E-state index contributed by atoms with van der Waals surface area (Å²) in [5.41, 5.74) is 2.00. The van der Waals surface area contributed by atoms with Gasteiger partial charge in [-0.3, -0.25) is 9.59 Å². The third-order valence-corrected chi connectivity index (χ3v) is 7.32. The van der Waals surface area contributed by atoms with Crippen LogP contribution in [0, 0.1) is 5.82 Å². The summed E-state index contributed by atoms with van der Waals surface area (Å²) in [4.78, 5) is 41.7. The van der Waals surface area contributed by atoms with E-state index in [0.717, 1.165) is 25.7 Å². The molecule has 0 spiro atoms. The van der Waals surface area contributed by atoms with Crippen LogP contribution in [0.4, 0.5) is 10.1 Å². The molecule has 1 amide bonds. The molecule has 1 aromatic heterocycles. The minimum atomic E-state index is -0.444. The minimum absolute atomic E-state index is 0.182. The smallest absolute Gasteiger partial charge is 0.348 e. The van der Waals surface area contributed by atoms with Crippen LogP contribution in [-0.2, 0) is 22.4 Å². The van der Waals surface area contributed by atoms with Gasteiger partial charge in [0.05, 0.1) is 5.69 Å². The largest absolute Gasteiger partial charge is 0.451 e. The summed E-state index contributed by atoms with van der Waals surface area (Å²) in [6.45, 7) is 2.87. The number of halogens is 1. The number of amides is 1. The van der Waals surface area contributed by atoms with Gasteiger partial charge in [0.25, 0.3) is 5.91 Å². The Morgan fingerprint density at radius 3 is 2.50 bits per heavy atom. The maximum atomic E-state index is 14.4. The van der Waals surface area contributed by atoms with Crippen molar-refractivity contribution in [2.45, 2.75) is 39.0 Å². The molecule has 2 aromatic rings. The quantitative estimate of drug-likeness (QED) is 0.387. The van der Waals surface area contributed by atoms with Crippen LogP contribution in [0.3, 0.4) is 0 Å². The van der Waals surface area contributed by atoms with Crippen molar-refractivity contribution in [3.05, 3.63) is 51.0 Å². The second-order valence-electron chi connectivity index (χ2n) is 8.29. The molecule has 1 fully saturated rings.